The lowest BCUT2D eigenvalue weighted by Crippen LogP contribution is -2.34. The maximum atomic E-state index is 12.1. The van der Waals surface area contributed by atoms with Gasteiger partial charge in [-0.25, -0.2) is 14.8 Å². The highest BCUT2D eigenvalue weighted by molar-refractivity contribution is 5.73. The zero-order chi connectivity index (χ0) is 19.1. The second-order valence-corrected chi connectivity index (χ2v) is 6.31. The van der Waals surface area contributed by atoms with Crippen LogP contribution in [0.4, 0.5) is 4.79 Å². The molecule has 0 bridgehead atoms. The van der Waals surface area contributed by atoms with Gasteiger partial charge in [-0.15, -0.1) is 0 Å². The molecule has 0 spiro atoms. The molecule has 7 nitrogen and oxygen atoms in total. The van der Waals surface area contributed by atoms with Crippen LogP contribution in [0.15, 0.2) is 61.3 Å². The number of urea groups is 1. The molecular weight excluding hydrogens is 342 g/mol. The monoisotopic (exact) mass is 365 g/mol. The summed E-state index contributed by atoms with van der Waals surface area (Å²) in [5, 5.41) is 5.69. The Kier molecular flexibility index (Phi) is 6.04. The molecule has 2 aromatic heterocycles. The molecule has 0 fully saturated rings. The van der Waals surface area contributed by atoms with Gasteiger partial charge >= 0.3 is 6.03 Å². The standard InChI is InChI=1S/C20H23N5O2/c1-15(2)27-18-6-4-3-5-17(18)13-24-20(26)23-12-16-7-8-19(22-11-16)25-10-9-21-14-25/h3-11,14-15H,12-13H2,1-2H3,(H2,23,24,26). The van der Waals surface area contributed by atoms with E-state index in [-0.39, 0.29) is 12.1 Å². The minimum atomic E-state index is -0.243. The quantitative estimate of drug-likeness (QED) is 0.674. The number of aromatic nitrogens is 3. The van der Waals surface area contributed by atoms with Gasteiger partial charge in [-0.1, -0.05) is 24.3 Å². The van der Waals surface area contributed by atoms with Gasteiger partial charge in [0.25, 0.3) is 0 Å². The molecule has 1 aromatic carbocycles. The molecule has 0 radical (unpaired) electrons. The summed E-state index contributed by atoms with van der Waals surface area (Å²) in [6, 6.07) is 11.3. The number of ether oxygens (including phenoxy) is 1. The van der Waals surface area contributed by atoms with Crippen molar-refractivity contribution in [1.29, 1.82) is 0 Å². The van der Waals surface area contributed by atoms with Crippen molar-refractivity contribution in [1.82, 2.24) is 25.2 Å². The predicted molar refractivity (Wildman–Crippen MR) is 103 cm³/mol. The van der Waals surface area contributed by atoms with Crippen molar-refractivity contribution in [2.75, 3.05) is 0 Å². The van der Waals surface area contributed by atoms with Crippen molar-refractivity contribution in [2.45, 2.75) is 33.0 Å². The van der Waals surface area contributed by atoms with Gasteiger partial charge in [0.05, 0.1) is 6.10 Å². The summed E-state index contributed by atoms with van der Waals surface area (Å²) in [5.74, 6) is 1.56. The molecule has 2 amide bonds. The van der Waals surface area contributed by atoms with Crippen LogP contribution in [0, 0.1) is 0 Å². The van der Waals surface area contributed by atoms with Gasteiger partial charge in [0.2, 0.25) is 0 Å². The summed E-state index contributed by atoms with van der Waals surface area (Å²) in [5.41, 5.74) is 1.85. The van der Waals surface area contributed by atoms with E-state index in [2.05, 4.69) is 20.6 Å². The number of imidazole rings is 1. The van der Waals surface area contributed by atoms with E-state index >= 15 is 0 Å². The van der Waals surface area contributed by atoms with E-state index in [0.717, 1.165) is 22.7 Å². The summed E-state index contributed by atoms with van der Waals surface area (Å²) < 4.78 is 7.58. The normalized spacial score (nSPS) is 10.6. The van der Waals surface area contributed by atoms with Crippen LogP contribution in [-0.2, 0) is 13.1 Å². The van der Waals surface area contributed by atoms with Crippen LogP contribution >= 0.6 is 0 Å². The molecule has 140 valence electrons. The van der Waals surface area contributed by atoms with Gasteiger partial charge in [0.1, 0.15) is 17.9 Å². The van der Waals surface area contributed by atoms with Crippen molar-refractivity contribution >= 4 is 6.03 Å². The van der Waals surface area contributed by atoms with E-state index in [4.69, 9.17) is 4.74 Å². The van der Waals surface area contributed by atoms with Crippen LogP contribution in [0.1, 0.15) is 25.0 Å². The number of hydrogen-bond acceptors (Lipinski definition) is 4. The second kappa shape index (κ2) is 8.84. The third-order valence-corrected chi connectivity index (χ3v) is 3.81. The molecule has 0 saturated heterocycles. The Balaban J connectivity index is 1.49. The summed E-state index contributed by atoms with van der Waals surface area (Å²) in [6.45, 7) is 4.74. The van der Waals surface area contributed by atoms with Crippen molar-refractivity contribution in [3.63, 3.8) is 0 Å². The Morgan fingerprint density at radius 3 is 2.67 bits per heavy atom. The molecule has 0 atom stereocenters. The third-order valence-electron chi connectivity index (χ3n) is 3.81. The zero-order valence-electron chi connectivity index (χ0n) is 15.4. The van der Waals surface area contributed by atoms with Crippen LogP contribution in [0.5, 0.6) is 5.75 Å². The highest BCUT2D eigenvalue weighted by atomic mass is 16.5. The lowest BCUT2D eigenvalue weighted by atomic mass is 10.2. The number of amides is 2. The summed E-state index contributed by atoms with van der Waals surface area (Å²) in [6.07, 6.45) is 7.04. The van der Waals surface area contributed by atoms with Crippen LogP contribution in [0.3, 0.4) is 0 Å². The molecule has 7 heteroatoms. The van der Waals surface area contributed by atoms with Gasteiger partial charge < -0.3 is 15.4 Å². The number of nitrogens with zero attached hydrogens (tertiary/aromatic N) is 3. The maximum Gasteiger partial charge on any atom is 0.315 e. The number of benzene rings is 1. The Bertz CT molecular complexity index is 860. The fourth-order valence-corrected chi connectivity index (χ4v) is 2.51. The number of rotatable bonds is 7. The summed E-state index contributed by atoms with van der Waals surface area (Å²) in [7, 11) is 0. The zero-order valence-corrected chi connectivity index (χ0v) is 15.4. The van der Waals surface area contributed by atoms with Crippen LogP contribution < -0.4 is 15.4 Å². The fraction of sp³-hybridized carbons (Fsp3) is 0.250. The molecule has 27 heavy (non-hydrogen) atoms. The molecular formula is C20H23N5O2. The third kappa shape index (κ3) is 5.31. The summed E-state index contributed by atoms with van der Waals surface area (Å²) in [4.78, 5) is 20.4. The SMILES string of the molecule is CC(C)Oc1ccccc1CNC(=O)NCc1ccc(-n2ccnc2)nc1. The molecule has 0 saturated carbocycles. The number of pyridine rings is 1. The van der Waals surface area contributed by atoms with Crippen LogP contribution in [0.25, 0.3) is 5.82 Å². The van der Waals surface area contributed by atoms with Gasteiger partial charge in [0.15, 0.2) is 0 Å². The number of hydrogen-bond donors (Lipinski definition) is 2. The van der Waals surface area contributed by atoms with Gasteiger partial charge in [-0.3, -0.25) is 4.57 Å². The summed E-state index contributed by atoms with van der Waals surface area (Å²) >= 11 is 0. The highest BCUT2D eigenvalue weighted by Gasteiger charge is 2.07. The number of carbonyl (C=O) groups is 1. The first kappa shape index (κ1) is 18.4. The van der Waals surface area contributed by atoms with Gasteiger partial charge in [0, 0.05) is 37.2 Å². The number of carbonyl (C=O) groups excluding carboxylic acids is 1. The molecule has 0 aliphatic heterocycles. The van der Waals surface area contributed by atoms with Crippen molar-refractivity contribution in [2.24, 2.45) is 0 Å². The number of nitrogens with one attached hydrogen (secondary N) is 2. The van der Waals surface area contributed by atoms with E-state index in [1.54, 1.807) is 18.7 Å². The highest BCUT2D eigenvalue weighted by Crippen LogP contribution is 2.19. The van der Waals surface area contributed by atoms with Crippen LogP contribution in [0.2, 0.25) is 0 Å². The molecule has 0 aliphatic rings. The van der Waals surface area contributed by atoms with E-state index in [9.17, 15) is 4.79 Å². The number of para-hydroxylation sites is 1. The molecule has 2 N–H and O–H groups in total. The van der Waals surface area contributed by atoms with Crippen molar-refractivity contribution in [3.8, 4) is 11.6 Å². The van der Waals surface area contributed by atoms with Crippen molar-refractivity contribution in [3.05, 3.63) is 72.4 Å². The fourth-order valence-electron chi connectivity index (χ4n) is 2.51. The van der Waals surface area contributed by atoms with Gasteiger partial charge in [-0.2, -0.15) is 0 Å². The Hall–Kier alpha value is -3.35. The first-order valence-corrected chi connectivity index (χ1v) is 8.81. The molecule has 2 heterocycles. The van der Waals surface area contributed by atoms with E-state index in [0.29, 0.717) is 13.1 Å². The minimum absolute atomic E-state index is 0.0813. The Morgan fingerprint density at radius 2 is 1.96 bits per heavy atom. The smallest absolute Gasteiger partial charge is 0.315 e. The lowest BCUT2D eigenvalue weighted by molar-refractivity contribution is 0.235. The van der Waals surface area contributed by atoms with Gasteiger partial charge in [-0.05, 0) is 31.5 Å². The minimum Gasteiger partial charge on any atom is -0.491 e. The molecule has 3 aromatic rings. The first-order valence-electron chi connectivity index (χ1n) is 8.81. The first-order chi connectivity index (χ1) is 13.1. The van der Waals surface area contributed by atoms with Crippen molar-refractivity contribution < 1.29 is 9.53 Å². The van der Waals surface area contributed by atoms with Crippen LogP contribution in [-0.4, -0.2) is 26.7 Å². The largest absolute Gasteiger partial charge is 0.491 e. The second-order valence-electron chi connectivity index (χ2n) is 6.31. The maximum absolute atomic E-state index is 12.1. The molecule has 3 rings (SSSR count). The Labute approximate surface area is 158 Å². The lowest BCUT2D eigenvalue weighted by Gasteiger charge is -2.15. The molecule has 0 aliphatic carbocycles. The molecule has 0 unspecified atom stereocenters. The van der Waals surface area contributed by atoms with E-state index in [1.165, 1.54) is 0 Å². The van der Waals surface area contributed by atoms with E-state index in [1.807, 2.05) is 61.0 Å². The average molecular weight is 365 g/mol. The Morgan fingerprint density at radius 1 is 1.15 bits per heavy atom. The average Bonchev–Trinajstić information content (AvgIpc) is 3.20. The topological polar surface area (TPSA) is 81.1 Å². The van der Waals surface area contributed by atoms with E-state index < -0.39 is 0 Å². The predicted octanol–water partition coefficient (Wildman–Crippen LogP) is 3.05.